The van der Waals surface area contributed by atoms with Crippen LogP contribution in [0.15, 0.2) is 23.2 Å². The maximum atomic E-state index is 12.2. The Hall–Kier alpha value is -3.70. The highest BCUT2D eigenvalue weighted by Gasteiger charge is 2.22. The molecule has 1 aromatic carbocycles. The molecule has 2 amide bonds. The van der Waals surface area contributed by atoms with Gasteiger partial charge in [-0.15, -0.1) is 0 Å². The molecule has 30 heavy (non-hydrogen) atoms. The fourth-order valence-corrected chi connectivity index (χ4v) is 2.45. The van der Waals surface area contributed by atoms with Crippen LogP contribution in [0.5, 0.6) is 11.5 Å². The Bertz CT molecular complexity index is 799. The smallest absolute Gasteiger partial charge is 0.407 e. The molecule has 6 N–H and O–H groups in total. The molecule has 0 aliphatic carbocycles. The fraction of sp³-hybridized carbons (Fsp3) is 0.444. The topological polar surface area (TPSA) is 171 Å². The Morgan fingerprint density at radius 2 is 2.13 bits per heavy atom. The number of aliphatic carboxylic acids is 1. The monoisotopic (exact) mass is 423 g/mol. The second kappa shape index (κ2) is 11.3. The molecule has 1 aliphatic heterocycles. The first kappa shape index (κ1) is 22.6. The van der Waals surface area contributed by atoms with Gasteiger partial charge in [0.15, 0.2) is 5.96 Å². The summed E-state index contributed by atoms with van der Waals surface area (Å²) < 4.78 is 10.1. The highest BCUT2D eigenvalue weighted by Crippen LogP contribution is 2.23. The number of aliphatic imine (C=N–C) groups is 1. The number of rotatable bonds is 10. The SMILES string of the molecule is CCOC(=O)N[C@@H](CNC(=O)c1ccc(OCCNC2=NCCN2)cc1O)C(=O)O. The molecule has 164 valence electrons. The molecule has 0 bridgehead atoms. The summed E-state index contributed by atoms with van der Waals surface area (Å²) in [7, 11) is 0. The predicted molar refractivity (Wildman–Crippen MR) is 106 cm³/mol. The molecule has 0 saturated carbocycles. The highest BCUT2D eigenvalue weighted by atomic mass is 16.5. The molecular formula is C18H25N5O7. The lowest BCUT2D eigenvalue weighted by atomic mass is 10.1. The van der Waals surface area contributed by atoms with Gasteiger partial charge in [0.2, 0.25) is 0 Å². The van der Waals surface area contributed by atoms with Crippen LogP contribution in [0.25, 0.3) is 0 Å². The van der Waals surface area contributed by atoms with Crippen LogP contribution in [0.2, 0.25) is 0 Å². The average molecular weight is 423 g/mol. The van der Waals surface area contributed by atoms with Crippen molar-refractivity contribution in [2.45, 2.75) is 13.0 Å². The summed E-state index contributed by atoms with van der Waals surface area (Å²) in [5.74, 6) is -1.30. The fourth-order valence-electron chi connectivity index (χ4n) is 2.45. The van der Waals surface area contributed by atoms with E-state index in [1.807, 2.05) is 0 Å². The van der Waals surface area contributed by atoms with Gasteiger partial charge in [-0.1, -0.05) is 0 Å². The number of benzene rings is 1. The van der Waals surface area contributed by atoms with Gasteiger partial charge in [0.25, 0.3) is 5.91 Å². The number of alkyl carbamates (subject to hydrolysis) is 1. The van der Waals surface area contributed by atoms with Crippen molar-refractivity contribution in [2.24, 2.45) is 4.99 Å². The zero-order chi connectivity index (χ0) is 21.9. The zero-order valence-corrected chi connectivity index (χ0v) is 16.4. The lowest BCUT2D eigenvalue weighted by Crippen LogP contribution is -2.48. The van der Waals surface area contributed by atoms with Gasteiger partial charge in [-0.2, -0.15) is 0 Å². The van der Waals surface area contributed by atoms with Crippen LogP contribution in [-0.4, -0.2) is 79.6 Å². The van der Waals surface area contributed by atoms with E-state index >= 15 is 0 Å². The second-order valence-electron chi connectivity index (χ2n) is 6.08. The maximum Gasteiger partial charge on any atom is 0.407 e. The van der Waals surface area contributed by atoms with E-state index in [0.717, 1.165) is 13.1 Å². The number of nitrogens with zero attached hydrogens (tertiary/aromatic N) is 1. The molecule has 1 heterocycles. The van der Waals surface area contributed by atoms with Gasteiger partial charge in [-0.3, -0.25) is 9.79 Å². The summed E-state index contributed by atoms with van der Waals surface area (Å²) in [6, 6.07) is 2.76. The molecular weight excluding hydrogens is 398 g/mol. The molecule has 1 aromatic rings. The van der Waals surface area contributed by atoms with Gasteiger partial charge in [0, 0.05) is 19.2 Å². The molecule has 1 atom stereocenters. The summed E-state index contributed by atoms with van der Waals surface area (Å²) in [6.07, 6.45) is -0.909. The third kappa shape index (κ3) is 7.04. The van der Waals surface area contributed by atoms with Crippen LogP contribution < -0.4 is 26.0 Å². The van der Waals surface area contributed by atoms with Crippen LogP contribution in [-0.2, 0) is 9.53 Å². The normalized spacial score (nSPS) is 13.4. The van der Waals surface area contributed by atoms with E-state index in [9.17, 15) is 19.5 Å². The van der Waals surface area contributed by atoms with Crippen molar-refractivity contribution in [1.29, 1.82) is 0 Å². The third-order valence-corrected chi connectivity index (χ3v) is 3.88. The van der Waals surface area contributed by atoms with E-state index in [2.05, 4.69) is 31.0 Å². The van der Waals surface area contributed by atoms with Gasteiger partial charge in [0.1, 0.15) is 24.1 Å². The number of carbonyl (C=O) groups excluding carboxylic acids is 2. The Balaban J connectivity index is 1.83. The molecule has 12 heteroatoms. The van der Waals surface area contributed by atoms with Gasteiger partial charge >= 0.3 is 12.1 Å². The standard InChI is InChI=1S/C18H25N5O7/c1-2-29-18(28)23-13(16(26)27)10-22-15(25)12-4-3-11(9-14(12)24)30-8-7-21-17-19-5-6-20-17/h3-4,9,13,24H,2,5-8,10H2,1H3,(H,22,25)(H,23,28)(H,26,27)(H2,19,20,21)/t13-/m0/s1. The van der Waals surface area contributed by atoms with Crippen molar-refractivity contribution < 1.29 is 34.1 Å². The highest BCUT2D eigenvalue weighted by molar-refractivity contribution is 5.97. The number of hydrogen-bond acceptors (Lipinski definition) is 9. The van der Waals surface area contributed by atoms with E-state index in [1.54, 1.807) is 6.92 Å². The van der Waals surface area contributed by atoms with Crippen molar-refractivity contribution in [3.63, 3.8) is 0 Å². The van der Waals surface area contributed by atoms with E-state index < -0.39 is 30.6 Å². The van der Waals surface area contributed by atoms with Crippen molar-refractivity contribution in [3.05, 3.63) is 23.8 Å². The quantitative estimate of drug-likeness (QED) is 0.265. The molecule has 0 fully saturated rings. The van der Waals surface area contributed by atoms with Crippen LogP contribution in [0.3, 0.4) is 0 Å². The zero-order valence-electron chi connectivity index (χ0n) is 16.4. The number of amides is 2. The van der Waals surface area contributed by atoms with Crippen LogP contribution >= 0.6 is 0 Å². The third-order valence-electron chi connectivity index (χ3n) is 3.88. The Kier molecular flexibility index (Phi) is 8.54. The van der Waals surface area contributed by atoms with Crippen molar-refractivity contribution in [2.75, 3.05) is 39.4 Å². The lowest BCUT2D eigenvalue weighted by molar-refractivity contribution is -0.139. The van der Waals surface area contributed by atoms with E-state index in [4.69, 9.17) is 9.84 Å². The Morgan fingerprint density at radius 1 is 1.33 bits per heavy atom. The Morgan fingerprint density at radius 3 is 2.77 bits per heavy atom. The number of nitrogens with one attached hydrogen (secondary N) is 4. The number of carbonyl (C=O) groups is 3. The minimum absolute atomic E-state index is 0.0646. The number of aromatic hydroxyl groups is 1. The summed E-state index contributed by atoms with van der Waals surface area (Å²) in [5.41, 5.74) is -0.0646. The second-order valence-corrected chi connectivity index (χ2v) is 6.08. The van der Waals surface area contributed by atoms with E-state index in [-0.39, 0.29) is 17.9 Å². The van der Waals surface area contributed by atoms with Crippen LogP contribution in [0.4, 0.5) is 4.79 Å². The van der Waals surface area contributed by atoms with Crippen LogP contribution in [0, 0.1) is 0 Å². The molecule has 2 rings (SSSR count). The minimum Gasteiger partial charge on any atom is -0.507 e. The summed E-state index contributed by atoms with van der Waals surface area (Å²) in [5, 5.41) is 29.8. The van der Waals surface area contributed by atoms with Gasteiger partial charge in [-0.05, 0) is 19.1 Å². The summed E-state index contributed by atoms with van der Waals surface area (Å²) in [4.78, 5) is 39.0. The number of hydrogen-bond donors (Lipinski definition) is 6. The van der Waals surface area contributed by atoms with Crippen molar-refractivity contribution in [1.82, 2.24) is 21.3 Å². The number of carboxylic acid groups (broad SMARTS) is 1. The number of guanidine groups is 1. The number of ether oxygens (including phenoxy) is 2. The number of phenols is 1. The van der Waals surface area contributed by atoms with Gasteiger partial charge in [-0.25, -0.2) is 9.59 Å². The molecule has 1 aliphatic rings. The number of carboxylic acids is 1. The first-order valence-electron chi connectivity index (χ1n) is 9.33. The summed E-state index contributed by atoms with van der Waals surface area (Å²) >= 11 is 0. The minimum atomic E-state index is -1.38. The average Bonchev–Trinajstić information content (AvgIpc) is 3.22. The maximum absolute atomic E-state index is 12.2. The molecule has 0 spiro atoms. The number of phenolic OH excluding ortho intramolecular Hbond substituents is 1. The summed E-state index contributed by atoms with van der Waals surface area (Å²) in [6.45, 7) is 3.60. The predicted octanol–water partition coefficient (Wildman–Crippen LogP) is -0.751. The van der Waals surface area contributed by atoms with Crippen molar-refractivity contribution in [3.8, 4) is 11.5 Å². The molecule has 0 radical (unpaired) electrons. The van der Waals surface area contributed by atoms with Crippen molar-refractivity contribution >= 4 is 23.9 Å². The molecule has 0 unspecified atom stereocenters. The Labute approximate surface area is 172 Å². The molecule has 0 aromatic heterocycles. The van der Waals surface area contributed by atoms with Crippen LogP contribution in [0.1, 0.15) is 17.3 Å². The van der Waals surface area contributed by atoms with E-state index in [0.29, 0.717) is 24.9 Å². The van der Waals surface area contributed by atoms with Gasteiger partial charge in [0.05, 0.1) is 25.3 Å². The first-order chi connectivity index (χ1) is 14.4. The molecule has 0 saturated heterocycles. The largest absolute Gasteiger partial charge is 0.507 e. The van der Waals surface area contributed by atoms with Gasteiger partial charge < -0.3 is 41.0 Å². The van der Waals surface area contributed by atoms with E-state index in [1.165, 1.54) is 18.2 Å². The molecule has 12 nitrogen and oxygen atoms in total. The first-order valence-corrected chi connectivity index (χ1v) is 9.33. The lowest BCUT2D eigenvalue weighted by Gasteiger charge is -2.15.